The zero-order valence-electron chi connectivity index (χ0n) is 11.8. The summed E-state index contributed by atoms with van der Waals surface area (Å²) in [7, 11) is 0. The third kappa shape index (κ3) is 3.84. The Hall–Kier alpha value is -1.28. The lowest BCUT2D eigenvalue weighted by molar-refractivity contribution is 0.558. The van der Waals surface area contributed by atoms with E-state index in [1.807, 2.05) is 30.2 Å². The molecular weight excluding hydrogens is 250 g/mol. The van der Waals surface area contributed by atoms with Crippen molar-refractivity contribution in [1.82, 2.24) is 4.98 Å². The van der Waals surface area contributed by atoms with Crippen molar-refractivity contribution in [1.29, 1.82) is 0 Å². The first kappa shape index (κ1) is 14.1. The minimum Gasteiger partial charge on any atom is -0.264 e. The summed E-state index contributed by atoms with van der Waals surface area (Å²) in [5.41, 5.74) is 2.41. The molecule has 100 valence electrons. The van der Waals surface area contributed by atoms with Gasteiger partial charge >= 0.3 is 0 Å². The van der Waals surface area contributed by atoms with Crippen LogP contribution < -0.4 is 0 Å². The van der Waals surface area contributed by atoms with Crippen LogP contribution in [-0.4, -0.2) is 10.2 Å². The van der Waals surface area contributed by atoms with Crippen LogP contribution >= 0.6 is 11.8 Å². The number of nitrogens with zero attached hydrogens (tertiary/aromatic N) is 1. The highest BCUT2D eigenvalue weighted by molar-refractivity contribution is 8.00. The molecule has 0 aliphatic carbocycles. The Balaban J connectivity index is 2.07. The molecule has 2 heteroatoms. The summed E-state index contributed by atoms with van der Waals surface area (Å²) in [5, 5.41) is 0.661. The van der Waals surface area contributed by atoms with Gasteiger partial charge in [-0.1, -0.05) is 45.4 Å². The van der Waals surface area contributed by atoms with E-state index in [9.17, 15) is 0 Å². The molecule has 2 atom stereocenters. The van der Waals surface area contributed by atoms with E-state index < -0.39 is 0 Å². The Labute approximate surface area is 120 Å². The number of hydrogen-bond donors (Lipinski definition) is 0. The maximum Gasteiger partial charge on any atom is 0.0346 e. The van der Waals surface area contributed by atoms with Crippen LogP contribution in [0.3, 0.4) is 0 Å². The molecule has 19 heavy (non-hydrogen) atoms. The summed E-state index contributed by atoms with van der Waals surface area (Å²) in [4.78, 5) is 5.51. The molecule has 0 amide bonds. The van der Waals surface area contributed by atoms with Crippen molar-refractivity contribution in [2.45, 2.75) is 37.3 Å². The number of benzene rings is 1. The lowest BCUT2D eigenvalue weighted by Gasteiger charge is -2.17. The van der Waals surface area contributed by atoms with Crippen molar-refractivity contribution in [3.8, 4) is 11.1 Å². The fourth-order valence-corrected chi connectivity index (χ4v) is 3.07. The molecule has 0 N–H and O–H groups in total. The second-order valence-electron chi connectivity index (χ2n) is 4.97. The fourth-order valence-electron chi connectivity index (χ4n) is 1.92. The Morgan fingerprint density at radius 2 is 1.79 bits per heavy atom. The summed E-state index contributed by atoms with van der Waals surface area (Å²) >= 11 is 1.96. The molecule has 1 nitrogen and oxygen atoms in total. The third-order valence-electron chi connectivity index (χ3n) is 3.62. The largest absolute Gasteiger partial charge is 0.264 e. The van der Waals surface area contributed by atoms with E-state index in [4.69, 9.17) is 0 Å². The van der Waals surface area contributed by atoms with E-state index in [2.05, 4.69) is 56.1 Å². The predicted molar refractivity (Wildman–Crippen MR) is 84.4 cm³/mol. The molecule has 0 saturated carbocycles. The first-order valence-corrected chi connectivity index (χ1v) is 7.75. The summed E-state index contributed by atoms with van der Waals surface area (Å²) < 4.78 is 0. The number of thioether (sulfide) groups is 1. The highest BCUT2D eigenvalue weighted by Gasteiger charge is 2.11. The molecule has 1 aromatic carbocycles. The smallest absolute Gasteiger partial charge is 0.0346 e. The molecule has 1 heterocycles. The number of rotatable bonds is 5. The Morgan fingerprint density at radius 3 is 2.37 bits per heavy atom. The van der Waals surface area contributed by atoms with Crippen LogP contribution in [0.1, 0.15) is 27.2 Å². The Bertz CT molecular complexity index is 492. The Morgan fingerprint density at radius 1 is 1.05 bits per heavy atom. The van der Waals surface area contributed by atoms with Crippen molar-refractivity contribution >= 4 is 11.8 Å². The average Bonchev–Trinajstić information content (AvgIpc) is 2.48. The van der Waals surface area contributed by atoms with E-state index in [1.165, 1.54) is 22.4 Å². The second kappa shape index (κ2) is 6.76. The van der Waals surface area contributed by atoms with Gasteiger partial charge in [-0.2, -0.15) is 0 Å². The van der Waals surface area contributed by atoms with Crippen molar-refractivity contribution in [2.75, 3.05) is 0 Å². The molecule has 0 aliphatic heterocycles. The van der Waals surface area contributed by atoms with Crippen molar-refractivity contribution in [2.24, 2.45) is 5.92 Å². The summed E-state index contributed by atoms with van der Waals surface area (Å²) in [6, 6.07) is 12.9. The van der Waals surface area contributed by atoms with Gasteiger partial charge in [-0.15, -0.1) is 11.8 Å². The highest BCUT2D eigenvalue weighted by Crippen LogP contribution is 2.30. The quantitative estimate of drug-likeness (QED) is 0.687. The minimum atomic E-state index is 0.661. The van der Waals surface area contributed by atoms with Gasteiger partial charge in [0.25, 0.3) is 0 Å². The molecule has 0 spiro atoms. The van der Waals surface area contributed by atoms with Crippen LogP contribution in [-0.2, 0) is 0 Å². The number of hydrogen-bond acceptors (Lipinski definition) is 2. The third-order valence-corrected chi connectivity index (χ3v) is 5.00. The van der Waals surface area contributed by atoms with Crippen LogP contribution in [0, 0.1) is 5.92 Å². The zero-order valence-corrected chi connectivity index (χ0v) is 12.7. The average molecular weight is 271 g/mol. The minimum absolute atomic E-state index is 0.661. The van der Waals surface area contributed by atoms with Gasteiger partial charge < -0.3 is 0 Å². The fraction of sp³-hybridized carbons (Fsp3) is 0.353. The molecular formula is C17H21NS. The molecule has 0 radical (unpaired) electrons. The van der Waals surface area contributed by atoms with Crippen LogP contribution in [0.15, 0.2) is 53.7 Å². The summed E-state index contributed by atoms with van der Waals surface area (Å²) in [5.74, 6) is 0.753. The molecule has 2 aromatic rings. The van der Waals surface area contributed by atoms with Gasteiger partial charge in [-0.05, 0) is 35.2 Å². The van der Waals surface area contributed by atoms with Crippen LogP contribution in [0.2, 0.25) is 0 Å². The molecule has 0 fully saturated rings. The van der Waals surface area contributed by atoms with Crippen molar-refractivity contribution in [3.63, 3.8) is 0 Å². The molecule has 1 unspecified atom stereocenters. The monoisotopic (exact) mass is 271 g/mol. The van der Waals surface area contributed by atoms with Crippen molar-refractivity contribution < 1.29 is 0 Å². The van der Waals surface area contributed by atoms with Gasteiger partial charge in [0, 0.05) is 22.5 Å². The van der Waals surface area contributed by atoms with Gasteiger partial charge in [0.1, 0.15) is 0 Å². The zero-order chi connectivity index (χ0) is 13.7. The number of aromatic nitrogens is 1. The molecule has 0 bridgehead atoms. The topological polar surface area (TPSA) is 12.9 Å². The van der Waals surface area contributed by atoms with Gasteiger partial charge in [-0.3, -0.25) is 4.98 Å². The van der Waals surface area contributed by atoms with Crippen molar-refractivity contribution in [3.05, 3.63) is 48.8 Å². The van der Waals surface area contributed by atoms with E-state index in [1.54, 1.807) is 0 Å². The SMILES string of the molecule is CCC(C)[C@H](C)Sc1ccc(-c2cccnc2)cc1. The van der Waals surface area contributed by atoms with Gasteiger partial charge in [-0.25, -0.2) is 0 Å². The number of pyridine rings is 1. The predicted octanol–water partition coefficient (Wildman–Crippen LogP) is 5.28. The Kier molecular flexibility index (Phi) is 5.03. The maximum atomic E-state index is 4.16. The standard InChI is InChI=1S/C17H21NS/c1-4-13(2)14(3)19-17-9-7-15(8-10-17)16-6-5-11-18-12-16/h5-14H,4H2,1-3H3/t13?,14-/m0/s1. The van der Waals surface area contributed by atoms with E-state index in [0.29, 0.717) is 5.25 Å². The first-order chi connectivity index (χ1) is 9.20. The van der Waals surface area contributed by atoms with Gasteiger partial charge in [0.2, 0.25) is 0 Å². The van der Waals surface area contributed by atoms with Crippen LogP contribution in [0.5, 0.6) is 0 Å². The van der Waals surface area contributed by atoms with E-state index >= 15 is 0 Å². The molecule has 0 saturated heterocycles. The summed E-state index contributed by atoms with van der Waals surface area (Å²) in [6.07, 6.45) is 4.95. The summed E-state index contributed by atoms with van der Waals surface area (Å²) in [6.45, 7) is 6.89. The molecule has 0 aliphatic rings. The van der Waals surface area contributed by atoms with E-state index in [-0.39, 0.29) is 0 Å². The van der Waals surface area contributed by atoms with Crippen LogP contribution in [0.4, 0.5) is 0 Å². The maximum absolute atomic E-state index is 4.16. The first-order valence-electron chi connectivity index (χ1n) is 6.87. The van der Waals surface area contributed by atoms with E-state index in [0.717, 1.165) is 5.92 Å². The van der Waals surface area contributed by atoms with Gasteiger partial charge in [0.05, 0.1) is 0 Å². The highest BCUT2D eigenvalue weighted by atomic mass is 32.2. The lowest BCUT2D eigenvalue weighted by atomic mass is 10.1. The molecule has 2 rings (SSSR count). The second-order valence-corrected chi connectivity index (χ2v) is 6.43. The normalized spacial score (nSPS) is 14.1. The lowest BCUT2D eigenvalue weighted by Crippen LogP contribution is -2.08. The molecule has 1 aromatic heterocycles. The van der Waals surface area contributed by atoms with Crippen LogP contribution in [0.25, 0.3) is 11.1 Å². The van der Waals surface area contributed by atoms with Gasteiger partial charge in [0.15, 0.2) is 0 Å².